The van der Waals surface area contributed by atoms with Crippen molar-refractivity contribution in [1.29, 1.82) is 0 Å². The van der Waals surface area contributed by atoms with E-state index in [9.17, 15) is 8.42 Å². The SMILES string of the molecule is Cc1ccc(S(=O)(=O)c2ccc(N=C=S)cn2)cc1. The predicted octanol–water partition coefficient (Wildman–Crippen LogP) is 2.96. The second kappa shape index (κ2) is 5.40. The van der Waals surface area contributed by atoms with Crippen molar-refractivity contribution >= 4 is 32.9 Å². The predicted molar refractivity (Wildman–Crippen MR) is 75.6 cm³/mol. The fourth-order valence-corrected chi connectivity index (χ4v) is 2.77. The van der Waals surface area contributed by atoms with Crippen LogP contribution in [0.3, 0.4) is 0 Å². The number of hydrogen-bond donors (Lipinski definition) is 0. The third-order valence-corrected chi connectivity index (χ3v) is 4.28. The van der Waals surface area contributed by atoms with Crippen LogP contribution < -0.4 is 0 Å². The monoisotopic (exact) mass is 290 g/mol. The van der Waals surface area contributed by atoms with E-state index >= 15 is 0 Å². The van der Waals surface area contributed by atoms with Gasteiger partial charge in [0.2, 0.25) is 9.84 Å². The van der Waals surface area contributed by atoms with Crippen LogP contribution in [0.25, 0.3) is 0 Å². The van der Waals surface area contributed by atoms with Crippen LogP contribution in [0.2, 0.25) is 0 Å². The first kappa shape index (κ1) is 13.5. The third-order valence-electron chi connectivity index (χ3n) is 2.50. The van der Waals surface area contributed by atoms with Crippen molar-refractivity contribution in [3.05, 3.63) is 48.2 Å². The van der Waals surface area contributed by atoms with Gasteiger partial charge in [0.1, 0.15) is 0 Å². The molecule has 0 atom stereocenters. The molecule has 0 amide bonds. The normalized spacial score (nSPS) is 10.8. The van der Waals surface area contributed by atoms with Crippen molar-refractivity contribution in [2.24, 2.45) is 4.99 Å². The molecule has 1 aromatic carbocycles. The first-order valence-corrected chi connectivity index (χ1v) is 7.29. The second-order valence-electron chi connectivity index (χ2n) is 3.87. The zero-order chi connectivity index (χ0) is 13.9. The maximum atomic E-state index is 12.3. The van der Waals surface area contributed by atoms with Gasteiger partial charge in [-0.25, -0.2) is 13.4 Å². The summed E-state index contributed by atoms with van der Waals surface area (Å²) in [5, 5.41) is 2.18. The number of isothiocyanates is 1. The van der Waals surface area contributed by atoms with Gasteiger partial charge in [-0.2, -0.15) is 4.99 Å². The van der Waals surface area contributed by atoms with E-state index in [2.05, 4.69) is 27.4 Å². The number of hydrogen-bond acceptors (Lipinski definition) is 5. The van der Waals surface area contributed by atoms with Gasteiger partial charge in [-0.05, 0) is 43.4 Å². The van der Waals surface area contributed by atoms with Gasteiger partial charge in [0.05, 0.1) is 21.9 Å². The summed E-state index contributed by atoms with van der Waals surface area (Å²) in [6.07, 6.45) is 1.35. The molecule has 0 bridgehead atoms. The van der Waals surface area contributed by atoms with Gasteiger partial charge in [0, 0.05) is 0 Å². The third kappa shape index (κ3) is 2.93. The van der Waals surface area contributed by atoms with Crippen LogP contribution in [0.15, 0.2) is 57.5 Å². The van der Waals surface area contributed by atoms with Crippen molar-refractivity contribution in [2.45, 2.75) is 16.8 Å². The number of sulfone groups is 1. The lowest BCUT2D eigenvalue weighted by Gasteiger charge is -2.04. The van der Waals surface area contributed by atoms with Crippen molar-refractivity contribution in [3.63, 3.8) is 0 Å². The van der Waals surface area contributed by atoms with Gasteiger partial charge in [0.15, 0.2) is 5.03 Å². The quantitative estimate of drug-likeness (QED) is 0.644. The molecule has 2 aromatic rings. The summed E-state index contributed by atoms with van der Waals surface area (Å²) >= 11 is 4.47. The summed E-state index contributed by atoms with van der Waals surface area (Å²) in [5.41, 5.74) is 1.47. The minimum atomic E-state index is -3.59. The van der Waals surface area contributed by atoms with Gasteiger partial charge in [-0.15, -0.1) is 0 Å². The van der Waals surface area contributed by atoms with Gasteiger partial charge >= 0.3 is 0 Å². The Morgan fingerprint density at radius 1 is 1.16 bits per heavy atom. The standard InChI is InChI=1S/C13H10N2O2S2/c1-10-2-5-12(6-3-10)19(16,17)13-7-4-11(8-14-13)15-9-18/h2-8H,1H3. The second-order valence-corrected chi connectivity index (χ2v) is 5.95. The lowest BCUT2D eigenvalue weighted by Crippen LogP contribution is -2.03. The molecular weight excluding hydrogens is 280 g/mol. The van der Waals surface area contributed by atoms with E-state index < -0.39 is 9.84 Å². The highest BCUT2D eigenvalue weighted by molar-refractivity contribution is 7.91. The molecule has 0 unspecified atom stereocenters. The molecule has 4 nitrogen and oxygen atoms in total. The Morgan fingerprint density at radius 3 is 2.37 bits per heavy atom. The van der Waals surface area contributed by atoms with Crippen molar-refractivity contribution < 1.29 is 8.42 Å². The molecule has 1 aromatic heterocycles. The lowest BCUT2D eigenvalue weighted by atomic mass is 10.2. The number of aliphatic imine (C=N–C) groups is 1. The topological polar surface area (TPSA) is 59.4 Å². The molecule has 96 valence electrons. The highest BCUT2D eigenvalue weighted by Crippen LogP contribution is 2.21. The summed E-state index contributed by atoms with van der Waals surface area (Å²) in [4.78, 5) is 7.84. The molecule has 0 spiro atoms. The van der Waals surface area contributed by atoms with Gasteiger partial charge < -0.3 is 0 Å². The number of pyridine rings is 1. The number of benzene rings is 1. The Labute approximate surface area is 116 Å². The Hall–Kier alpha value is -1.88. The Morgan fingerprint density at radius 2 is 1.84 bits per heavy atom. The lowest BCUT2D eigenvalue weighted by molar-refractivity contribution is 0.592. The minimum absolute atomic E-state index is 0.0142. The Kier molecular flexibility index (Phi) is 3.85. The molecule has 0 N–H and O–H groups in total. The molecule has 0 aliphatic carbocycles. The average Bonchev–Trinajstić information content (AvgIpc) is 2.40. The highest BCUT2D eigenvalue weighted by atomic mass is 32.2. The van der Waals surface area contributed by atoms with Crippen LogP contribution in [0.4, 0.5) is 5.69 Å². The van der Waals surface area contributed by atoms with E-state index in [1.807, 2.05) is 6.92 Å². The maximum Gasteiger partial charge on any atom is 0.223 e. The van der Waals surface area contributed by atoms with Crippen molar-refractivity contribution in [1.82, 2.24) is 4.98 Å². The fraction of sp³-hybridized carbons (Fsp3) is 0.0769. The van der Waals surface area contributed by atoms with Crippen LogP contribution in [-0.4, -0.2) is 18.6 Å². The summed E-state index contributed by atoms with van der Waals surface area (Å²) in [7, 11) is -3.59. The van der Waals surface area contributed by atoms with Gasteiger partial charge in [-0.1, -0.05) is 17.7 Å². The Balaban J connectivity index is 2.44. The number of thiocarbonyl (C=S) groups is 1. The molecular formula is C13H10N2O2S2. The number of aryl methyl sites for hydroxylation is 1. The largest absolute Gasteiger partial charge is 0.242 e. The molecule has 6 heteroatoms. The van der Waals surface area contributed by atoms with Crippen LogP contribution in [-0.2, 0) is 9.84 Å². The zero-order valence-electron chi connectivity index (χ0n) is 10.1. The fourth-order valence-electron chi connectivity index (χ4n) is 1.49. The van der Waals surface area contributed by atoms with Crippen molar-refractivity contribution in [2.75, 3.05) is 0 Å². The first-order chi connectivity index (χ1) is 9.04. The number of aromatic nitrogens is 1. The summed E-state index contributed by atoms with van der Waals surface area (Å²) < 4.78 is 24.6. The Bertz CT molecular complexity index is 729. The molecule has 0 saturated heterocycles. The van der Waals surface area contributed by atoms with E-state index in [4.69, 9.17) is 0 Å². The first-order valence-electron chi connectivity index (χ1n) is 5.40. The van der Waals surface area contributed by atoms with Crippen LogP contribution >= 0.6 is 12.2 Å². The van der Waals surface area contributed by atoms with E-state index in [1.165, 1.54) is 18.3 Å². The molecule has 0 aliphatic heterocycles. The van der Waals surface area contributed by atoms with Gasteiger partial charge in [-0.3, -0.25) is 0 Å². The molecule has 0 radical (unpaired) electrons. The zero-order valence-corrected chi connectivity index (χ0v) is 11.7. The maximum absolute atomic E-state index is 12.3. The van der Waals surface area contributed by atoms with Gasteiger partial charge in [0.25, 0.3) is 0 Å². The molecule has 0 saturated carbocycles. The van der Waals surface area contributed by atoms with Crippen LogP contribution in [0, 0.1) is 6.92 Å². The summed E-state index contributed by atoms with van der Waals surface area (Å²) in [6.45, 7) is 1.90. The number of nitrogens with zero attached hydrogens (tertiary/aromatic N) is 2. The van der Waals surface area contributed by atoms with E-state index in [1.54, 1.807) is 24.3 Å². The molecule has 2 rings (SSSR count). The van der Waals surface area contributed by atoms with E-state index in [0.29, 0.717) is 5.69 Å². The molecule has 0 fully saturated rings. The van der Waals surface area contributed by atoms with Crippen LogP contribution in [0.5, 0.6) is 0 Å². The van der Waals surface area contributed by atoms with Crippen LogP contribution in [0.1, 0.15) is 5.56 Å². The summed E-state index contributed by atoms with van der Waals surface area (Å²) in [6, 6.07) is 9.56. The smallest absolute Gasteiger partial charge is 0.223 e. The number of rotatable bonds is 3. The molecule has 1 heterocycles. The molecule has 19 heavy (non-hydrogen) atoms. The minimum Gasteiger partial charge on any atom is -0.242 e. The molecule has 0 aliphatic rings. The highest BCUT2D eigenvalue weighted by Gasteiger charge is 2.18. The van der Waals surface area contributed by atoms with E-state index in [-0.39, 0.29) is 9.92 Å². The average molecular weight is 290 g/mol. The summed E-state index contributed by atoms with van der Waals surface area (Å²) in [5.74, 6) is 0. The van der Waals surface area contributed by atoms with Crippen molar-refractivity contribution in [3.8, 4) is 0 Å². The van der Waals surface area contributed by atoms with E-state index in [0.717, 1.165) is 5.56 Å².